The van der Waals surface area contributed by atoms with Gasteiger partial charge in [-0.1, -0.05) is 44.2 Å². The number of nitrogen functional groups attached to an aromatic ring is 1. The van der Waals surface area contributed by atoms with Gasteiger partial charge in [-0.3, -0.25) is 4.79 Å². The molecule has 1 amide bonds. The summed E-state index contributed by atoms with van der Waals surface area (Å²) in [5.41, 5.74) is 6.64. The van der Waals surface area contributed by atoms with Gasteiger partial charge in [-0.2, -0.15) is 5.21 Å². The van der Waals surface area contributed by atoms with E-state index in [0.717, 1.165) is 5.56 Å². The normalized spacial score (nSPS) is 11.3. The van der Waals surface area contributed by atoms with E-state index < -0.39 is 0 Å². The fourth-order valence-electron chi connectivity index (χ4n) is 1.78. The van der Waals surface area contributed by atoms with Gasteiger partial charge in [0, 0.05) is 12.0 Å². The zero-order chi connectivity index (χ0) is 13.9. The molecular formula is C13H17N5O. The fourth-order valence-corrected chi connectivity index (χ4v) is 1.78. The van der Waals surface area contributed by atoms with Crippen LogP contribution in [0.25, 0.3) is 0 Å². The van der Waals surface area contributed by atoms with Gasteiger partial charge < -0.3 is 11.1 Å². The van der Waals surface area contributed by atoms with Crippen LogP contribution in [-0.2, 0) is 5.41 Å². The molecule has 2 aromatic rings. The van der Waals surface area contributed by atoms with Crippen molar-refractivity contribution in [1.29, 1.82) is 0 Å². The number of aromatic amines is 1. The predicted octanol–water partition coefficient (Wildman–Crippen LogP) is 1.09. The number of nitrogens with zero attached hydrogens (tertiary/aromatic N) is 2. The molecule has 0 aliphatic heterocycles. The topological polar surface area (TPSA) is 96.7 Å². The first-order chi connectivity index (χ1) is 9.00. The standard InChI is InChI=1S/C13H17N5O/c1-13(2,9-6-4-3-5-7-9)8-15-12(19)10-11(14)17-18-16-10/h3-7H,8H2,1-2H3,(H,15,19)(H3,14,16,17,18). The number of H-pyrrole nitrogens is 1. The molecule has 19 heavy (non-hydrogen) atoms. The lowest BCUT2D eigenvalue weighted by Gasteiger charge is -2.25. The van der Waals surface area contributed by atoms with Crippen molar-refractivity contribution in [3.05, 3.63) is 41.6 Å². The lowest BCUT2D eigenvalue weighted by atomic mass is 9.84. The minimum absolute atomic E-state index is 0.106. The van der Waals surface area contributed by atoms with Crippen molar-refractivity contribution in [2.75, 3.05) is 12.3 Å². The molecule has 2 rings (SSSR count). The summed E-state index contributed by atoms with van der Waals surface area (Å²) in [5.74, 6) is -0.217. The van der Waals surface area contributed by atoms with E-state index in [2.05, 4.69) is 34.6 Å². The van der Waals surface area contributed by atoms with Gasteiger partial charge in [0.25, 0.3) is 5.91 Å². The van der Waals surface area contributed by atoms with Gasteiger partial charge in [0.1, 0.15) is 0 Å². The molecule has 6 heteroatoms. The quantitative estimate of drug-likeness (QED) is 0.765. The van der Waals surface area contributed by atoms with E-state index in [-0.39, 0.29) is 22.8 Å². The molecule has 0 atom stereocenters. The SMILES string of the molecule is CC(C)(CNC(=O)c1n[nH]nc1N)c1ccccc1. The lowest BCUT2D eigenvalue weighted by Crippen LogP contribution is -2.37. The van der Waals surface area contributed by atoms with Crippen molar-refractivity contribution in [2.45, 2.75) is 19.3 Å². The number of anilines is 1. The molecule has 0 radical (unpaired) electrons. The molecule has 0 aliphatic carbocycles. The number of aromatic nitrogens is 3. The average molecular weight is 259 g/mol. The van der Waals surface area contributed by atoms with E-state index in [9.17, 15) is 4.79 Å². The largest absolute Gasteiger partial charge is 0.380 e. The molecule has 0 aliphatic rings. The number of nitrogens with two attached hydrogens (primary N) is 1. The number of hydrogen-bond donors (Lipinski definition) is 3. The Morgan fingerprint density at radius 1 is 1.32 bits per heavy atom. The molecule has 0 saturated carbocycles. The molecule has 1 aromatic carbocycles. The molecule has 0 fully saturated rings. The zero-order valence-corrected chi connectivity index (χ0v) is 11.0. The molecule has 4 N–H and O–H groups in total. The number of carbonyl (C=O) groups is 1. The van der Waals surface area contributed by atoms with Crippen LogP contribution in [0.3, 0.4) is 0 Å². The van der Waals surface area contributed by atoms with Crippen molar-refractivity contribution in [1.82, 2.24) is 20.7 Å². The van der Waals surface area contributed by atoms with E-state index in [1.807, 2.05) is 30.3 Å². The number of nitrogens with one attached hydrogen (secondary N) is 2. The summed E-state index contributed by atoms with van der Waals surface area (Å²) in [5, 5.41) is 12.5. The third kappa shape index (κ3) is 2.90. The summed E-state index contributed by atoms with van der Waals surface area (Å²) in [6.45, 7) is 4.62. The van der Waals surface area contributed by atoms with Gasteiger partial charge in [-0.15, -0.1) is 10.2 Å². The average Bonchev–Trinajstić information content (AvgIpc) is 2.83. The van der Waals surface area contributed by atoms with Crippen molar-refractivity contribution in [2.24, 2.45) is 0 Å². The first-order valence-corrected chi connectivity index (χ1v) is 6.01. The third-order valence-corrected chi connectivity index (χ3v) is 3.04. The first-order valence-electron chi connectivity index (χ1n) is 6.01. The van der Waals surface area contributed by atoms with E-state index in [0.29, 0.717) is 6.54 Å². The predicted molar refractivity (Wildman–Crippen MR) is 72.6 cm³/mol. The number of benzene rings is 1. The molecular weight excluding hydrogens is 242 g/mol. The van der Waals surface area contributed by atoms with Crippen LogP contribution in [0.1, 0.15) is 29.9 Å². The van der Waals surface area contributed by atoms with E-state index in [4.69, 9.17) is 5.73 Å². The first kappa shape index (κ1) is 13.1. The van der Waals surface area contributed by atoms with Gasteiger partial charge in [0.05, 0.1) is 0 Å². The highest BCUT2D eigenvalue weighted by molar-refractivity contribution is 5.96. The Labute approximate surface area is 111 Å². The molecule has 0 bridgehead atoms. The number of hydrogen-bond acceptors (Lipinski definition) is 4. The van der Waals surface area contributed by atoms with Gasteiger partial charge in [0.2, 0.25) is 0 Å². The number of rotatable bonds is 4. The summed E-state index contributed by atoms with van der Waals surface area (Å²) in [4.78, 5) is 11.9. The molecule has 6 nitrogen and oxygen atoms in total. The van der Waals surface area contributed by atoms with Crippen LogP contribution in [-0.4, -0.2) is 27.9 Å². The molecule has 0 spiro atoms. The lowest BCUT2D eigenvalue weighted by molar-refractivity contribution is 0.0941. The van der Waals surface area contributed by atoms with Gasteiger partial charge >= 0.3 is 0 Å². The molecule has 0 saturated heterocycles. The second-order valence-electron chi connectivity index (χ2n) is 4.99. The zero-order valence-electron chi connectivity index (χ0n) is 11.0. The van der Waals surface area contributed by atoms with Crippen molar-refractivity contribution < 1.29 is 4.79 Å². The van der Waals surface area contributed by atoms with Gasteiger partial charge in [0.15, 0.2) is 11.5 Å². The maximum Gasteiger partial charge on any atom is 0.275 e. The molecule has 1 aromatic heterocycles. The second-order valence-corrected chi connectivity index (χ2v) is 4.99. The van der Waals surface area contributed by atoms with Gasteiger partial charge in [-0.25, -0.2) is 0 Å². The minimum atomic E-state index is -0.324. The van der Waals surface area contributed by atoms with Crippen LogP contribution >= 0.6 is 0 Å². The van der Waals surface area contributed by atoms with E-state index >= 15 is 0 Å². The highest BCUT2D eigenvalue weighted by Gasteiger charge is 2.22. The van der Waals surface area contributed by atoms with Crippen molar-refractivity contribution in [3.63, 3.8) is 0 Å². The molecule has 0 unspecified atom stereocenters. The Morgan fingerprint density at radius 2 is 2.00 bits per heavy atom. The number of amides is 1. The fraction of sp³-hybridized carbons (Fsp3) is 0.308. The van der Waals surface area contributed by atoms with Crippen molar-refractivity contribution >= 4 is 11.7 Å². The third-order valence-electron chi connectivity index (χ3n) is 3.04. The molecule has 100 valence electrons. The van der Waals surface area contributed by atoms with Crippen LogP contribution in [0.15, 0.2) is 30.3 Å². The minimum Gasteiger partial charge on any atom is -0.380 e. The maximum absolute atomic E-state index is 11.9. The van der Waals surface area contributed by atoms with Crippen LogP contribution in [0.2, 0.25) is 0 Å². The smallest absolute Gasteiger partial charge is 0.275 e. The summed E-state index contributed by atoms with van der Waals surface area (Å²) in [6.07, 6.45) is 0. The van der Waals surface area contributed by atoms with Crippen LogP contribution in [0.5, 0.6) is 0 Å². The Hall–Kier alpha value is -2.37. The van der Waals surface area contributed by atoms with Crippen LogP contribution in [0, 0.1) is 0 Å². The highest BCUT2D eigenvalue weighted by Crippen LogP contribution is 2.21. The number of carbonyl (C=O) groups excluding carboxylic acids is 1. The molecule has 1 heterocycles. The highest BCUT2D eigenvalue weighted by atomic mass is 16.2. The monoisotopic (exact) mass is 259 g/mol. The van der Waals surface area contributed by atoms with E-state index in [1.54, 1.807) is 0 Å². The van der Waals surface area contributed by atoms with Gasteiger partial charge in [-0.05, 0) is 5.56 Å². The summed E-state index contributed by atoms with van der Waals surface area (Å²) >= 11 is 0. The maximum atomic E-state index is 11.9. The van der Waals surface area contributed by atoms with E-state index in [1.165, 1.54) is 0 Å². The summed E-state index contributed by atoms with van der Waals surface area (Å²) < 4.78 is 0. The Bertz CT molecular complexity index is 561. The summed E-state index contributed by atoms with van der Waals surface area (Å²) in [7, 11) is 0. The Morgan fingerprint density at radius 3 is 2.58 bits per heavy atom. The Kier molecular flexibility index (Phi) is 3.50. The van der Waals surface area contributed by atoms with Crippen molar-refractivity contribution in [3.8, 4) is 0 Å². The van der Waals surface area contributed by atoms with Crippen LogP contribution < -0.4 is 11.1 Å². The van der Waals surface area contributed by atoms with Crippen LogP contribution in [0.4, 0.5) is 5.82 Å². The summed E-state index contributed by atoms with van der Waals surface area (Å²) in [6, 6.07) is 10.0. The second kappa shape index (κ2) is 5.09. The Balaban J connectivity index is 2.03.